The average Bonchev–Trinajstić information content (AvgIpc) is 2.61. The molecule has 3 N–H and O–H groups in total. The van der Waals surface area contributed by atoms with E-state index in [4.69, 9.17) is 11.6 Å². The van der Waals surface area contributed by atoms with Crippen molar-refractivity contribution in [2.75, 3.05) is 25.5 Å². The molecule has 5 nitrogen and oxygen atoms in total. The van der Waals surface area contributed by atoms with E-state index in [1.165, 1.54) is 4.90 Å². The summed E-state index contributed by atoms with van der Waals surface area (Å²) in [6.07, 6.45) is 0. The van der Waals surface area contributed by atoms with Crippen molar-refractivity contribution in [3.8, 4) is 0 Å². The van der Waals surface area contributed by atoms with Gasteiger partial charge in [0.05, 0.1) is 6.54 Å². The van der Waals surface area contributed by atoms with Crippen molar-refractivity contribution in [3.05, 3.63) is 64.7 Å². The number of benzene rings is 2. The average molecular weight is 375 g/mol. The Hall–Kier alpha value is -2.37. The van der Waals surface area contributed by atoms with Crippen LogP contribution >= 0.6 is 11.6 Å². The van der Waals surface area contributed by atoms with E-state index in [0.717, 1.165) is 16.8 Å². The fourth-order valence-electron chi connectivity index (χ4n) is 2.48. The molecule has 0 unspecified atom stereocenters. The van der Waals surface area contributed by atoms with Crippen LogP contribution in [0.4, 0.5) is 5.69 Å². The maximum atomic E-state index is 12.3. The van der Waals surface area contributed by atoms with Gasteiger partial charge in [0, 0.05) is 23.3 Å². The van der Waals surface area contributed by atoms with E-state index >= 15 is 0 Å². The third-order valence-corrected chi connectivity index (χ3v) is 4.44. The largest absolute Gasteiger partial charge is 0.333 e. The molecule has 1 atom stereocenters. The lowest BCUT2D eigenvalue weighted by atomic mass is 10.1. The molecule has 6 heteroatoms. The number of nitrogens with zero attached hydrogens (tertiary/aromatic N) is 1. The van der Waals surface area contributed by atoms with Crippen LogP contribution in [-0.2, 0) is 9.59 Å². The summed E-state index contributed by atoms with van der Waals surface area (Å²) in [7, 11) is 1.64. The van der Waals surface area contributed by atoms with Gasteiger partial charge in [-0.3, -0.25) is 9.59 Å². The van der Waals surface area contributed by atoms with Crippen LogP contribution in [0.15, 0.2) is 48.5 Å². The molecule has 0 bridgehead atoms. The second-order valence-corrected chi connectivity index (χ2v) is 6.88. The summed E-state index contributed by atoms with van der Waals surface area (Å²) in [5.74, 6) is -0.305. The number of likely N-dealkylation sites (N-methyl/N-ethyl adjacent to an activating group) is 1. The molecule has 0 saturated carbocycles. The van der Waals surface area contributed by atoms with Gasteiger partial charge in [0.25, 0.3) is 5.91 Å². The second kappa shape index (κ2) is 9.36. The first-order valence-electron chi connectivity index (χ1n) is 8.54. The van der Waals surface area contributed by atoms with Crippen molar-refractivity contribution in [3.63, 3.8) is 0 Å². The number of carbonyl (C=O) groups excluding carboxylic acids is 2. The lowest BCUT2D eigenvalue weighted by Gasteiger charge is -2.17. The van der Waals surface area contributed by atoms with Crippen LogP contribution in [-0.4, -0.2) is 36.9 Å². The quantitative estimate of drug-likeness (QED) is 0.781. The minimum atomic E-state index is -0.213. The summed E-state index contributed by atoms with van der Waals surface area (Å²) >= 11 is 5.89. The summed E-state index contributed by atoms with van der Waals surface area (Å²) in [4.78, 5) is 25.8. The number of halogens is 1. The number of rotatable bonds is 7. The molecule has 0 aromatic heterocycles. The first-order valence-corrected chi connectivity index (χ1v) is 8.92. The van der Waals surface area contributed by atoms with Crippen molar-refractivity contribution < 1.29 is 14.9 Å². The maximum Gasteiger partial charge on any atom is 0.277 e. The van der Waals surface area contributed by atoms with E-state index in [2.05, 4.69) is 5.32 Å². The SMILES string of the molecule is Cc1ccc(NC(=O)CN(C)C(=O)C[NH2+][C@@H](C)c2ccc(Cl)cc2)cc1. The summed E-state index contributed by atoms with van der Waals surface area (Å²) in [5, 5.41) is 5.43. The standard InChI is InChI=1S/C20H24ClN3O2/c1-14-4-10-18(11-5-14)23-19(25)13-24(3)20(26)12-22-15(2)16-6-8-17(21)9-7-16/h4-11,15,22H,12-13H2,1-3H3,(H,23,25)/p+1/t15-/m0/s1. The molecule has 0 aliphatic carbocycles. The Kier molecular flexibility index (Phi) is 7.18. The molecule has 2 aromatic carbocycles. The van der Waals surface area contributed by atoms with Crippen LogP contribution in [0.5, 0.6) is 0 Å². The lowest BCUT2D eigenvalue weighted by Crippen LogP contribution is -2.87. The topological polar surface area (TPSA) is 66.0 Å². The molecule has 0 aliphatic rings. The monoisotopic (exact) mass is 374 g/mol. The van der Waals surface area contributed by atoms with Crippen molar-refractivity contribution in [2.45, 2.75) is 19.9 Å². The molecule has 26 heavy (non-hydrogen) atoms. The Morgan fingerprint density at radius 3 is 2.35 bits per heavy atom. The zero-order valence-corrected chi connectivity index (χ0v) is 16.1. The van der Waals surface area contributed by atoms with Crippen LogP contribution in [0.2, 0.25) is 5.02 Å². The third kappa shape index (κ3) is 6.17. The second-order valence-electron chi connectivity index (χ2n) is 6.44. The van der Waals surface area contributed by atoms with Gasteiger partial charge in [-0.05, 0) is 38.1 Å². The minimum Gasteiger partial charge on any atom is -0.333 e. The highest BCUT2D eigenvalue weighted by Gasteiger charge is 2.17. The highest BCUT2D eigenvalue weighted by Crippen LogP contribution is 2.13. The molecule has 0 aliphatic heterocycles. The van der Waals surface area contributed by atoms with Gasteiger partial charge in [-0.2, -0.15) is 0 Å². The van der Waals surface area contributed by atoms with Crippen LogP contribution in [0.1, 0.15) is 24.1 Å². The number of amides is 2. The summed E-state index contributed by atoms with van der Waals surface area (Å²) in [5.41, 5.74) is 2.95. The van der Waals surface area contributed by atoms with Gasteiger partial charge in [-0.15, -0.1) is 0 Å². The molecule has 2 amide bonds. The van der Waals surface area contributed by atoms with Crippen molar-refractivity contribution in [2.24, 2.45) is 0 Å². The summed E-state index contributed by atoms with van der Waals surface area (Å²) in [6.45, 7) is 4.31. The predicted octanol–water partition coefficient (Wildman–Crippen LogP) is 2.37. The van der Waals surface area contributed by atoms with Crippen LogP contribution in [0.25, 0.3) is 0 Å². The fourth-order valence-corrected chi connectivity index (χ4v) is 2.60. The fraction of sp³-hybridized carbons (Fsp3) is 0.300. The smallest absolute Gasteiger partial charge is 0.277 e. The minimum absolute atomic E-state index is 0.0237. The molecule has 2 rings (SSSR count). The highest BCUT2D eigenvalue weighted by molar-refractivity contribution is 6.30. The van der Waals surface area contributed by atoms with Gasteiger partial charge in [-0.1, -0.05) is 41.4 Å². The van der Waals surface area contributed by atoms with Crippen LogP contribution in [0, 0.1) is 6.92 Å². The van der Waals surface area contributed by atoms with E-state index in [9.17, 15) is 9.59 Å². The maximum absolute atomic E-state index is 12.3. The number of anilines is 1. The van der Waals surface area contributed by atoms with Gasteiger partial charge < -0.3 is 15.5 Å². The number of quaternary nitrogens is 1. The number of nitrogens with one attached hydrogen (secondary N) is 1. The zero-order chi connectivity index (χ0) is 19.1. The van der Waals surface area contributed by atoms with Gasteiger partial charge in [-0.25, -0.2) is 0 Å². The lowest BCUT2D eigenvalue weighted by molar-refractivity contribution is -0.683. The van der Waals surface area contributed by atoms with Crippen LogP contribution in [0.3, 0.4) is 0 Å². The zero-order valence-electron chi connectivity index (χ0n) is 15.3. The van der Waals surface area contributed by atoms with E-state index in [0.29, 0.717) is 5.02 Å². The molecule has 0 spiro atoms. The predicted molar refractivity (Wildman–Crippen MR) is 104 cm³/mol. The first-order chi connectivity index (χ1) is 12.3. The molecule has 0 heterocycles. The highest BCUT2D eigenvalue weighted by atomic mass is 35.5. The Morgan fingerprint density at radius 2 is 1.73 bits per heavy atom. The summed E-state index contributed by atoms with van der Waals surface area (Å²) < 4.78 is 0. The number of aryl methyl sites for hydroxylation is 1. The molecule has 0 fully saturated rings. The van der Waals surface area contributed by atoms with Gasteiger partial charge in [0.15, 0.2) is 6.54 Å². The van der Waals surface area contributed by atoms with E-state index in [1.54, 1.807) is 7.05 Å². The molecule has 138 valence electrons. The normalized spacial score (nSPS) is 11.7. The number of hydrogen-bond acceptors (Lipinski definition) is 2. The van der Waals surface area contributed by atoms with Gasteiger partial charge in [0.1, 0.15) is 6.04 Å². The number of hydrogen-bond donors (Lipinski definition) is 2. The van der Waals surface area contributed by atoms with Crippen molar-refractivity contribution in [1.82, 2.24) is 4.90 Å². The Bertz CT molecular complexity index is 745. The van der Waals surface area contributed by atoms with Crippen molar-refractivity contribution in [1.29, 1.82) is 0 Å². The van der Waals surface area contributed by atoms with Gasteiger partial charge >= 0.3 is 0 Å². The van der Waals surface area contributed by atoms with Crippen LogP contribution < -0.4 is 10.6 Å². The number of nitrogens with two attached hydrogens (primary N) is 1. The van der Waals surface area contributed by atoms with E-state index < -0.39 is 0 Å². The number of carbonyl (C=O) groups is 2. The molecule has 2 aromatic rings. The Morgan fingerprint density at radius 1 is 1.12 bits per heavy atom. The molecular formula is C20H25ClN3O2+. The Balaban J connectivity index is 1.78. The summed E-state index contributed by atoms with van der Waals surface area (Å²) in [6, 6.07) is 15.3. The first kappa shape index (κ1) is 19.9. The molecule has 0 saturated heterocycles. The Labute approximate surface area is 159 Å². The van der Waals surface area contributed by atoms with E-state index in [-0.39, 0.29) is 30.9 Å². The molecular weight excluding hydrogens is 350 g/mol. The van der Waals surface area contributed by atoms with Gasteiger partial charge in [0.2, 0.25) is 5.91 Å². The van der Waals surface area contributed by atoms with E-state index in [1.807, 2.05) is 67.7 Å². The third-order valence-electron chi connectivity index (χ3n) is 4.18. The van der Waals surface area contributed by atoms with Crippen molar-refractivity contribution >= 4 is 29.1 Å². The molecule has 0 radical (unpaired) electrons.